The maximum atomic E-state index is 6.25. The minimum atomic E-state index is 0.292. The Kier molecular flexibility index (Phi) is 5.01. The van der Waals surface area contributed by atoms with Gasteiger partial charge in [0.2, 0.25) is 0 Å². The van der Waals surface area contributed by atoms with Crippen molar-refractivity contribution in [2.24, 2.45) is 11.7 Å². The lowest BCUT2D eigenvalue weighted by molar-refractivity contribution is 0.419. The van der Waals surface area contributed by atoms with Gasteiger partial charge < -0.3 is 5.73 Å². The lowest BCUT2D eigenvalue weighted by Gasteiger charge is -2.20. The first-order chi connectivity index (χ1) is 7.54. The Morgan fingerprint density at radius 1 is 1.25 bits per heavy atom. The van der Waals surface area contributed by atoms with Gasteiger partial charge in [0, 0.05) is 6.04 Å². The van der Waals surface area contributed by atoms with Crippen LogP contribution >= 0.6 is 0 Å². The van der Waals surface area contributed by atoms with Crippen LogP contribution in [0.4, 0.5) is 0 Å². The first-order valence-corrected chi connectivity index (χ1v) is 6.36. The third-order valence-corrected chi connectivity index (χ3v) is 3.44. The normalized spacial score (nSPS) is 14.8. The highest BCUT2D eigenvalue weighted by molar-refractivity contribution is 5.31. The SMILES string of the molecule is CCCC(C)C(N)Cc1cc(C)ccc1C. The lowest BCUT2D eigenvalue weighted by Crippen LogP contribution is -2.30. The second kappa shape index (κ2) is 6.05. The molecule has 0 saturated heterocycles. The number of benzene rings is 1. The van der Waals surface area contributed by atoms with Crippen LogP contribution in [-0.2, 0) is 6.42 Å². The number of rotatable bonds is 5. The van der Waals surface area contributed by atoms with Gasteiger partial charge in [0.25, 0.3) is 0 Å². The Bertz CT molecular complexity index is 330. The highest BCUT2D eigenvalue weighted by Gasteiger charge is 2.13. The fourth-order valence-electron chi connectivity index (χ4n) is 2.14. The van der Waals surface area contributed by atoms with Crippen molar-refractivity contribution in [2.45, 2.75) is 53.0 Å². The molecule has 0 aliphatic carbocycles. The van der Waals surface area contributed by atoms with Crippen LogP contribution in [0.15, 0.2) is 18.2 Å². The van der Waals surface area contributed by atoms with Gasteiger partial charge in [-0.15, -0.1) is 0 Å². The number of hydrogen-bond donors (Lipinski definition) is 1. The van der Waals surface area contributed by atoms with Crippen molar-refractivity contribution in [2.75, 3.05) is 0 Å². The molecule has 0 spiro atoms. The van der Waals surface area contributed by atoms with Crippen LogP contribution in [0.5, 0.6) is 0 Å². The van der Waals surface area contributed by atoms with Crippen molar-refractivity contribution in [1.82, 2.24) is 0 Å². The quantitative estimate of drug-likeness (QED) is 0.804. The fourth-order valence-corrected chi connectivity index (χ4v) is 2.14. The van der Waals surface area contributed by atoms with Crippen LogP contribution in [0.25, 0.3) is 0 Å². The zero-order valence-corrected chi connectivity index (χ0v) is 11.1. The van der Waals surface area contributed by atoms with Crippen molar-refractivity contribution >= 4 is 0 Å². The van der Waals surface area contributed by atoms with E-state index in [0.29, 0.717) is 12.0 Å². The largest absolute Gasteiger partial charge is 0.327 e. The van der Waals surface area contributed by atoms with Crippen LogP contribution in [-0.4, -0.2) is 6.04 Å². The molecule has 2 unspecified atom stereocenters. The molecule has 0 bridgehead atoms. The van der Waals surface area contributed by atoms with E-state index in [1.165, 1.54) is 29.5 Å². The molecule has 1 rings (SSSR count). The van der Waals surface area contributed by atoms with Crippen molar-refractivity contribution in [3.8, 4) is 0 Å². The molecule has 0 aliphatic rings. The predicted molar refractivity (Wildman–Crippen MR) is 71.7 cm³/mol. The Morgan fingerprint density at radius 3 is 2.56 bits per heavy atom. The van der Waals surface area contributed by atoms with E-state index in [0.717, 1.165) is 6.42 Å². The van der Waals surface area contributed by atoms with Gasteiger partial charge in [-0.3, -0.25) is 0 Å². The molecule has 1 aromatic rings. The van der Waals surface area contributed by atoms with Crippen LogP contribution in [0.3, 0.4) is 0 Å². The molecule has 0 aliphatic heterocycles. The van der Waals surface area contributed by atoms with Crippen LogP contribution in [0.2, 0.25) is 0 Å². The molecule has 0 heterocycles. The van der Waals surface area contributed by atoms with Gasteiger partial charge in [-0.1, -0.05) is 44.0 Å². The summed E-state index contributed by atoms with van der Waals surface area (Å²) in [6.45, 7) is 8.80. The molecule has 90 valence electrons. The van der Waals surface area contributed by atoms with E-state index >= 15 is 0 Å². The van der Waals surface area contributed by atoms with Crippen LogP contribution < -0.4 is 5.73 Å². The number of aryl methyl sites for hydroxylation is 2. The fraction of sp³-hybridized carbons (Fsp3) is 0.600. The molecule has 0 amide bonds. The minimum absolute atomic E-state index is 0.292. The lowest BCUT2D eigenvalue weighted by atomic mass is 9.90. The van der Waals surface area contributed by atoms with Gasteiger partial charge in [0.05, 0.1) is 0 Å². The predicted octanol–water partition coefficient (Wildman–Crippen LogP) is 3.61. The molecule has 0 fully saturated rings. The van der Waals surface area contributed by atoms with Crippen molar-refractivity contribution in [3.63, 3.8) is 0 Å². The zero-order chi connectivity index (χ0) is 12.1. The maximum Gasteiger partial charge on any atom is 0.0105 e. The summed E-state index contributed by atoms with van der Waals surface area (Å²) in [5.41, 5.74) is 10.4. The summed E-state index contributed by atoms with van der Waals surface area (Å²) in [4.78, 5) is 0. The topological polar surface area (TPSA) is 26.0 Å². The van der Waals surface area contributed by atoms with Gasteiger partial charge in [-0.25, -0.2) is 0 Å². The smallest absolute Gasteiger partial charge is 0.0105 e. The first kappa shape index (κ1) is 13.2. The van der Waals surface area contributed by atoms with Crippen LogP contribution in [0.1, 0.15) is 43.4 Å². The number of nitrogens with two attached hydrogens (primary N) is 1. The molecule has 0 saturated carbocycles. The second-order valence-electron chi connectivity index (χ2n) is 5.06. The van der Waals surface area contributed by atoms with E-state index in [1.54, 1.807) is 0 Å². The van der Waals surface area contributed by atoms with Gasteiger partial charge in [-0.05, 0) is 43.7 Å². The third-order valence-electron chi connectivity index (χ3n) is 3.44. The molecule has 2 N–H and O–H groups in total. The number of hydrogen-bond acceptors (Lipinski definition) is 1. The van der Waals surface area contributed by atoms with Gasteiger partial charge in [0.15, 0.2) is 0 Å². The summed E-state index contributed by atoms with van der Waals surface area (Å²) >= 11 is 0. The molecular weight excluding hydrogens is 194 g/mol. The van der Waals surface area contributed by atoms with E-state index in [9.17, 15) is 0 Å². The molecule has 0 aromatic heterocycles. The summed E-state index contributed by atoms with van der Waals surface area (Å²) in [6, 6.07) is 6.93. The van der Waals surface area contributed by atoms with Gasteiger partial charge in [0.1, 0.15) is 0 Å². The molecule has 1 nitrogen and oxygen atoms in total. The zero-order valence-electron chi connectivity index (χ0n) is 11.1. The first-order valence-electron chi connectivity index (χ1n) is 6.36. The Labute approximate surface area is 100 Å². The van der Waals surface area contributed by atoms with Crippen LogP contribution in [0, 0.1) is 19.8 Å². The Balaban J connectivity index is 2.68. The Morgan fingerprint density at radius 2 is 1.94 bits per heavy atom. The summed E-state index contributed by atoms with van der Waals surface area (Å²) in [5, 5.41) is 0. The molecule has 1 heteroatoms. The monoisotopic (exact) mass is 219 g/mol. The average molecular weight is 219 g/mol. The van der Waals surface area contributed by atoms with E-state index in [4.69, 9.17) is 5.73 Å². The molecule has 0 radical (unpaired) electrons. The Hall–Kier alpha value is -0.820. The van der Waals surface area contributed by atoms with Crippen molar-refractivity contribution < 1.29 is 0 Å². The maximum absolute atomic E-state index is 6.25. The van der Waals surface area contributed by atoms with Gasteiger partial charge >= 0.3 is 0 Å². The second-order valence-corrected chi connectivity index (χ2v) is 5.06. The van der Waals surface area contributed by atoms with E-state index in [-0.39, 0.29) is 0 Å². The third kappa shape index (κ3) is 3.64. The van der Waals surface area contributed by atoms with E-state index in [1.807, 2.05) is 0 Å². The summed E-state index contributed by atoms with van der Waals surface area (Å²) in [6.07, 6.45) is 3.46. The van der Waals surface area contributed by atoms with Crippen molar-refractivity contribution in [3.05, 3.63) is 34.9 Å². The summed E-state index contributed by atoms with van der Waals surface area (Å²) in [5.74, 6) is 0.616. The standard InChI is InChI=1S/C15H25N/c1-5-6-13(4)15(16)10-14-9-11(2)7-8-12(14)3/h7-9,13,15H,5-6,10,16H2,1-4H3. The van der Waals surface area contributed by atoms with E-state index < -0.39 is 0 Å². The summed E-state index contributed by atoms with van der Waals surface area (Å²) in [7, 11) is 0. The van der Waals surface area contributed by atoms with Gasteiger partial charge in [-0.2, -0.15) is 0 Å². The highest BCUT2D eigenvalue weighted by atomic mass is 14.6. The molecule has 2 atom stereocenters. The summed E-state index contributed by atoms with van der Waals surface area (Å²) < 4.78 is 0. The van der Waals surface area contributed by atoms with E-state index in [2.05, 4.69) is 45.9 Å². The minimum Gasteiger partial charge on any atom is -0.327 e. The highest BCUT2D eigenvalue weighted by Crippen LogP contribution is 2.17. The molecule has 16 heavy (non-hydrogen) atoms. The van der Waals surface area contributed by atoms with Crippen molar-refractivity contribution in [1.29, 1.82) is 0 Å². The molecule has 1 aromatic carbocycles. The molecular formula is C15H25N. The average Bonchev–Trinajstić information content (AvgIpc) is 2.23.